The molecular formula is C17H23IN4O. The Kier molecular flexibility index (Phi) is 9.04. The summed E-state index contributed by atoms with van der Waals surface area (Å²) in [5.74, 6) is 1.62. The number of nitrogens with one attached hydrogen (secondary N) is 2. The molecule has 1 aromatic heterocycles. The first-order valence-corrected chi connectivity index (χ1v) is 7.37. The number of hydrogen-bond donors (Lipinski definition) is 2. The van der Waals surface area contributed by atoms with Gasteiger partial charge in [-0.1, -0.05) is 24.3 Å². The number of hydrogen-bond acceptors (Lipinski definition) is 3. The molecule has 0 bridgehead atoms. The van der Waals surface area contributed by atoms with E-state index in [9.17, 15) is 0 Å². The number of aliphatic imine (C=N–C) groups is 1. The van der Waals surface area contributed by atoms with E-state index in [2.05, 4.69) is 20.6 Å². The summed E-state index contributed by atoms with van der Waals surface area (Å²) in [6.07, 6.45) is 1.79. The van der Waals surface area contributed by atoms with Crippen molar-refractivity contribution in [1.82, 2.24) is 15.6 Å². The minimum absolute atomic E-state index is 0. The average molecular weight is 426 g/mol. The molecule has 0 unspecified atom stereocenters. The van der Waals surface area contributed by atoms with E-state index < -0.39 is 0 Å². The topological polar surface area (TPSA) is 58.5 Å². The van der Waals surface area contributed by atoms with Crippen LogP contribution in [0.25, 0.3) is 0 Å². The van der Waals surface area contributed by atoms with Crippen LogP contribution < -0.4 is 15.4 Å². The Hall–Kier alpha value is -1.83. The van der Waals surface area contributed by atoms with Gasteiger partial charge in [0.2, 0.25) is 0 Å². The van der Waals surface area contributed by atoms with Gasteiger partial charge in [0.15, 0.2) is 5.96 Å². The Morgan fingerprint density at radius 3 is 2.61 bits per heavy atom. The molecular weight excluding hydrogens is 403 g/mol. The van der Waals surface area contributed by atoms with Crippen molar-refractivity contribution in [2.45, 2.75) is 20.0 Å². The number of para-hydroxylation sites is 1. The summed E-state index contributed by atoms with van der Waals surface area (Å²) in [6, 6.07) is 13.8. The summed E-state index contributed by atoms with van der Waals surface area (Å²) < 4.78 is 5.35. The monoisotopic (exact) mass is 426 g/mol. The Balaban J connectivity index is 0.00000264. The minimum Gasteiger partial charge on any atom is -0.496 e. The third-order valence-electron chi connectivity index (χ3n) is 3.11. The number of ether oxygens (including phenoxy) is 1. The van der Waals surface area contributed by atoms with Crippen LogP contribution in [-0.4, -0.2) is 24.6 Å². The van der Waals surface area contributed by atoms with E-state index in [0.717, 1.165) is 29.5 Å². The molecule has 5 nitrogen and oxygen atoms in total. The van der Waals surface area contributed by atoms with Crippen molar-refractivity contribution in [1.29, 1.82) is 0 Å². The summed E-state index contributed by atoms with van der Waals surface area (Å²) in [4.78, 5) is 8.89. The predicted octanol–water partition coefficient (Wildman–Crippen LogP) is 2.96. The van der Waals surface area contributed by atoms with Crippen LogP contribution in [0.1, 0.15) is 18.2 Å². The van der Waals surface area contributed by atoms with E-state index in [1.807, 2.05) is 49.4 Å². The lowest BCUT2D eigenvalue weighted by Gasteiger charge is -2.12. The van der Waals surface area contributed by atoms with Gasteiger partial charge in [-0.25, -0.2) is 4.99 Å². The largest absolute Gasteiger partial charge is 0.496 e. The van der Waals surface area contributed by atoms with Gasteiger partial charge in [-0.15, -0.1) is 24.0 Å². The number of halogens is 1. The fraction of sp³-hybridized carbons (Fsp3) is 0.294. The van der Waals surface area contributed by atoms with Crippen LogP contribution in [0.5, 0.6) is 5.75 Å². The maximum atomic E-state index is 5.35. The first kappa shape index (κ1) is 19.2. The molecule has 23 heavy (non-hydrogen) atoms. The molecule has 0 atom stereocenters. The second-order valence-corrected chi connectivity index (χ2v) is 4.68. The fourth-order valence-corrected chi connectivity index (χ4v) is 2.02. The van der Waals surface area contributed by atoms with Crippen LogP contribution in [0.2, 0.25) is 0 Å². The molecule has 0 amide bonds. The number of rotatable bonds is 6. The third-order valence-corrected chi connectivity index (χ3v) is 3.11. The lowest BCUT2D eigenvalue weighted by atomic mass is 10.2. The van der Waals surface area contributed by atoms with Gasteiger partial charge in [-0.2, -0.15) is 0 Å². The van der Waals surface area contributed by atoms with Gasteiger partial charge in [0.1, 0.15) is 5.75 Å². The molecule has 0 saturated heterocycles. The van der Waals surface area contributed by atoms with E-state index in [1.54, 1.807) is 13.3 Å². The zero-order valence-electron chi connectivity index (χ0n) is 13.5. The molecule has 0 saturated carbocycles. The van der Waals surface area contributed by atoms with Gasteiger partial charge in [0.05, 0.1) is 25.9 Å². The summed E-state index contributed by atoms with van der Waals surface area (Å²) in [7, 11) is 1.67. The number of guanidine groups is 1. The number of methoxy groups -OCH3 is 1. The van der Waals surface area contributed by atoms with Crippen molar-refractivity contribution < 1.29 is 4.74 Å². The second-order valence-electron chi connectivity index (χ2n) is 4.68. The molecule has 0 spiro atoms. The van der Waals surface area contributed by atoms with Crippen LogP contribution >= 0.6 is 24.0 Å². The minimum atomic E-state index is 0. The van der Waals surface area contributed by atoms with Crippen molar-refractivity contribution in [3.8, 4) is 5.75 Å². The molecule has 2 N–H and O–H groups in total. The van der Waals surface area contributed by atoms with E-state index in [4.69, 9.17) is 4.74 Å². The lowest BCUT2D eigenvalue weighted by Crippen LogP contribution is -2.37. The summed E-state index contributed by atoms with van der Waals surface area (Å²) in [6.45, 7) is 4.04. The smallest absolute Gasteiger partial charge is 0.191 e. The number of pyridine rings is 1. The molecule has 1 aromatic carbocycles. The molecule has 0 fully saturated rings. The zero-order valence-corrected chi connectivity index (χ0v) is 15.8. The normalized spacial score (nSPS) is 10.6. The van der Waals surface area contributed by atoms with Crippen LogP contribution in [0.15, 0.2) is 53.7 Å². The van der Waals surface area contributed by atoms with Crippen LogP contribution in [0.4, 0.5) is 0 Å². The standard InChI is InChI=1S/C17H22N4O.HI/c1-3-18-17(21-13-15-9-6-7-11-19-15)20-12-14-8-4-5-10-16(14)22-2;/h4-11H,3,12-13H2,1-2H3,(H2,18,20,21);1H. The average Bonchev–Trinajstić information content (AvgIpc) is 2.58. The fourth-order valence-electron chi connectivity index (χ4n) is 2.02. The molecule has 2 aromatic rings. The molecule has 0 radical (unpaired) electrons. The van der Waals surface area contributed by atoms with Crippen LogP contribution in [0.3, 0.4) is 0 Å². The van der Waals surface area contributed by atoms with Gasteiger partial charge < -0.3 is 15.4 Å². The Labute approximate surface area is 154 Å². The summed E-state index contributed by atoms with van der Waals surface area (Å²) in [5, 5.41) is 6.51. The van der Waals surface area contributed by atoms with Crippen molar-refractivity contribution in [2.75, 3.05) is 13.7 Å². The van der Waals surface area contributed by atoms with Crippen molar-refractivity contribution >= 4 is 29.9 Å². The molecule has 1 heterocycles. The highest BCUT2D eigenvalue weighted by atomic mass is 127. The molecule has 2 rings (SSSR count). The van der Waals surface area contributed by atoms with E-state index in [0.29, 0.717) is 13.1 Å². The highest BCUT2D eigenvalue weighted by molar-refractivity contribution is 14.0. The van der Waals surface area contributed by atoms with Crippen molar-refractivity contribution in [3.05, 3.63) is 59.9 Å². The molecule has 124 valence electrons. The van der Waals surface area contributed by atoms with Crippen LogP contribution in [0, 0.1) is 0 Å². The first-order valence-electron chi connectivity index (χ1n) is 7.37. The Morgan fingerprint density at radius 2 is 1.91 bits per heavy atom. The van der Waals surface area contributed by atoms with Gasteiger partial charge in [0.25, 0.3) is 0 Å². The van der Waals surface area contributed by atoms with Crippen LogP contribution in [-0.2, 0) is 13.1 Å². The Morgan fingerprint density at radius 1 is 1.13 bits per heavy atom. The zero-order chi connectivity index (χ0) is 15.6. The number of aromatic nitrogens is 1. The quantitative estimate of drug-likeness (QED) is 0.424. The SMILES string of the molecule is CCNC(=NCc1ccccc1OC)NCc1ccccn1.I. The van der Waals surface area contributed by atoms with Crippen molar-refractivity contribution in [2.24, 2.45) is 4.99 Å². The number of benzene rings is 1. The summed E-state index contributed by atoms with van der Waals surface area (Å²) >= 11 is 0. The maximum absolute atomic E-state index is 5.35. The van der Waals surface area contributed by atoms with E-state index in [-0.39, 0.29) is 24.0 Å². The molecule has 0 aliphatic carbocycles. The van der Waals surface area contributed by atoms with E-state index >= 15 is 0 Å². The maximum Gasteiger partial charge on any atom is 0.191 e. The summed E-state index contributed by atoms with van der Waals surface area (Å²) in [5.41, 5.74) is 2.03. The molecule has 0 aliphatic rings. The molecule has 6 heteroatoms. The molecule has 0 aliphatic heterocycles. The third kappa shape index (κ3) is 6.43. The van der Waals surface area contributed by atoms with Gasteiger partial charge in [-0.3, -0.25) is 4.98 Å². The number of nitrogens with zero attached hydrogens (tertiary/aromatic N) is 2. The van der Waals surface area contributed by atoms with Crippen molar-refractivity contribution in [3.63, 3.8) is 0 Å². The van der Waals surface area contributed by atoms with Gasteiger partial charge in [0, 0.05) is 18.3 Å². The first-order chi connectivity index (χ1) is 10.8. The van der Waals surface area contributed by atoms with E-state index in [1.165, 1.54) is 0 Å². The Bertz CT molecular complexity index is 605. The lowest BCUT2D eigenvalue weighted by molar-refractivity contribution is 0.410. The van der Waals surface area contributed by atoms with Gasteiger partial charge >= 0.3 is 0 Å². The highest BCUT2D eigenvalue weighted by Gasteiger charge is 2.02. The predicted molar refractivity (Wildman–Crippen MR) is 104 cm³/mol. The second kappa shape index (κ2) is 10.8. The van der Waals surface area contributed by atoms with Gasteiger partial charge in [-0.05, 0) is 25.1 Å². The highest BCUT2D eigenvalue weighted by Crippen LogP contribution is 2.17.